The number of hydrogen-bond acceptors (Lipinski definition) is 8. The zero-order valence-electron chi connectivity index (χ0n) is 13.9. The molecule has 0 radical (unpaired) electrons. The molecular formula is C13H19F3O8S. The van der Waals surface area contributed by atoms with Gasteiger partial charge >= 0.3 is 15.6 Å². The van der Waals surface area contributed by atoms with Crippen LogP contribution in [0.3, 0.4) is 0 Å². The lowest BCUT2D eigenvalue weighted by atomic mass is 10.1. The molecule has 3 fully saturated rings. The molecular weight excluding hydrogens is 373 g/mol. The normalized spacial score (nSPS) is 40.4. The molecule has 0 aromatic heterocycles. The lowest BCUT2D eigenvalue weighted by molar-refractivity contribution is -0.230. The molecule has 0 saturated carbocycles. The summed E-state index contributed by atoms with van der Waals surface area (Å²) in [6.07, 6.45) is -5.86. The van der Waals surface area contributed by atoms with Crippen molar-refractivity contribution >= 4 is 10.1 Å². The fourth-order valence-electron chi connectivity index (χ4n) is 2.99. The molecule has 0 aromatic carbocycles. The third-order valence-corrected chi connectivity index (χ3v) is 4.99. The lowest BCUT2D eigenvalue weighted by Crippen LogP contribution is -2.46. The van der Waals surface area contributed by atoms with Crippen LogP contribution < -0.4 is 0 Å². The number of rotatable bonds is 3. The van der Waals surface area contributed by atoms with Crippen molar-refractivity contribution in [1.29, 1.82) is 0 Å². The summed E-state index contributed by atoms with van der Waals surface area (Å²) < 4.78 is 93.0. The predicted octanol–water partition coefficient (Wildman–Crippen LogP) is 1.25. The lowest BCUT2D eigenvalue weighted by Gasteiger charge is -2.28. The Labute approximate surface area is 142 Å². The number of hydrogen-bond donors (Lipinski definition) is 0. The zero-order chi connectivity index (χ0) is 18.8. The topological polar surface area (TPSA) is 89.5 Å². The molecule has 0 unspecified atom stereocenters. The van der Waals surface area contributed by atoms with Gasteiger partial charge in [0, 0.05) is 0 Å². The smallest absolute Gasteiger partial charge is 0.348 e. The summed E-state index contributed by atoms with van der Waals surface area (Å²) in [5.41, 5.74) is -5.57. The monoisotopic (exact) mass is 392 g/mol. The Hall–Kier alpha value is -0.500. The minimum Gasteiger partial charge on any atom is -0.348 e. The molecule has 0 aromatic rings. The van der Waals surface area contributed by atoms with E-state index in [0.717, 1.165) is 0 Å². The van der Waals surface area contributed by atoms with Gasteiger partial charge in [0.25, 0.3) is 0 Å². The number of fused-ring (bicyclic) bond motifs is 1. The van der Waals surface area contributed by atoms with E-state index < -0.39 is 57.9 Å². The molecule has 3 aliphatic heterocycles. The molecule has 25 heavy (non-hydrogen) atoms. The van der Waals surface area contributed by atoms with Crippen LogP contribution in [0.25, 0.3) is 0 Å². The van der Waals surface area contributed by atoms with Crippen molar-refractivity contribution in [2.24, 2.45) is 0 Å². The van der Waals surface area contributed by atoms with E-state index in [0.29, 0.717) is 0 Å². The van der Waals surface area contributed by atoms with Gasteiger partial charge < -0.3 is 23.7 Å². The molecule has 3 rings (SSSR count). The van der Waals surface area contributed by atoms with Crippen LogP contribution in [0.15, 0.2) is 0 Å². The summed E-state index contributed by atoms with van der Waals surface area (Å²) >= 11 is 0. The fraction of sp³-hybridized carbons (Fsp3) is 1.00. The molecule has 3 aliphatic rings. The van der Waals surface area contributed by atoms with Crippen LogP contribution in [0, 0.1) is 0 Å². The van der Waals surface area contributed by atoms with Gasteiger partial charge in [0.2, 0.25) is 0 Å². The largest absolute Gasteiger partial charge is 0.523 e. The van der Waals surface area contributed by atoms with Crippen LogP contribution >= 0.6 is 0 Å². The van der Waals surface area contributed by atoms with Crippen molar-refractivity contribution in [2.75, 3.05) is 6.61 Å². The first-order chi connectivity index (χ1) is 11.2. The van der Waals surface area contributed by atoms with E-state index in [4.69, 9.17) is 23.7 Å². The van der Waals surface area contributed by atoms with Gasteiger partial charge in [0.15, 0.2) is 17.9 Å². The average molecular weight is 392 g/mol. The molecule has 12 heteroatoms. The Morgan fingerprint density at radius 1 is 1.00 bits per heavy atom. The first kappa shape index (κ1) is 19.3. The number of ether oxygens (including phenoxy) is 5. The summed E-state index contributed by atoms with van der Waals surface area (Å²) in [5.74, 6) is -2.14. The van der Waals surface area contributed by atoms with Crippen molar-refractivity contribution < 1.29 is 49.5 Å². The summed E-state index contributed by atoms with van der Waals surface area (Å²) in [6.45, 7) is 6.27. The van der Waals surface area contributed by atoms with E-state index in [1.807, 2.05) is 0 Å². The van der Waals surface area contributed by atoms with E-state index >= 15 is 0 Å². The first-order valence-corrected chi connectivity index (χ1v) is 8.94. The van der Waals surface area contributed by atoms with Crippen LogP contribution in [0.1, 0.15) is 27.7 Å². The fourth-order valence-corrected chi connectivity index (χ4v) is 3.61. The number of alkyl halides is 3. The second kappa shape index (κ2) is 5.75. The highest BCUT2D eigenvalue weighted by Crippen LogP contribution is 2.43. The third-order valence-electron chi connectivity index (χ3n) is 3.95. The van der Waals surface area contributed by atoms with Gasteiger partial charge in [-0.2, -0.15) is 21.6 Å². The van der Waals surface area contributed by atoms with Gasteiger partial charge in [-0.25, -0.2) is 0 Å². The van der Waals surface area contributed by atoms with Crippen molar-refractivity contribution in [3.05, 3.63) is 0 Å². The molecule has 0 spiro atoms. The van der Waals surface area contributed by atoms with Crippen LogP contribution in [0.5, 0.6) is 0 Å². The maximum absolute atomic E-state index is 12.7. The Morgan fingerprint density at radius 2 is 1.64 bits per heavy atom. The van der Waals surface area contributed by atoms with E-state index in [1.54, 1.807) is 13.8 Å². The molecule has 3 saturated heterocycles. The maximum Gasteiger partial charge on any atom is 0.523 e. The van der Waals surface area contributed by atoms with Gasteiger partial charge in [-0.1, -0.05) is 0 Å². The second-order valence-electron chi connectivity index (χ2n) is 6.90. The maximum atomic E-state index is 12.7. The molecule has 0 bridgehead atoms. The van der Waals surface area contributed by atoms with Crippen molar-refractivity contribution in [2.45, 2.75) is 75.5 Å². The van der Waals surface area contributed by atoms with Crippen molar-refractivity contribution in [1.82, 2.24) is 0 Å². The van der Waals surface area contributed by atoms with Crippen LogP contribution in [-0.2, 0) is 38.0 Å². The van der Waals surface area contributed by atoms with E-state index in [1.165, 1.54) is 13.8 Å². The first-order valence-electron chi connectivity index (χ1n) is 7.53. The summed E-state index contributed by atoms with van der Waals surface area (Å²) in [6, 6.07) is 0. The van der Waals surface area contributed by atoms with Gasteiger partial charge in [0.1, 0.15) is 24.4 Å². The van der Waals surface area contributed by atoms with E-state index in [2.05, 4.69) is 4.18 Å². The summed E-state index contributed by atoms with van der Waals surface area (Å²) in [4.78, 5) is 0. The highest BCUT2D eigenvalue weighted by Gasteiger charge is 2.62. The third kappa shape index (κ3) is 3.66. The van der Waals surface area contributed by atoms with Crippen LogP contribution in [0.2, 0.25) is 0 Å². The summed E-state index contributed by atoms with van der Waals surface area (Å²) in [7, 11) is -5.86. The van der Waals surface area contributed by atoms with Gasteiger partial charge in [0.05, 0.1) is 6.61 Å². The molecule has 0 amide bonds. The van der Waals surface area contributed by atoms with Gasteiger partial charge in [-0.15, -0.1) is 0 Å². The van der Waals surface area contributed by atoms with E-state index in [-0.39, 0.29) is 6.61 Å². The quantitative estimate of drug-likeness (QED) is 0.524. The molecule has 146 valence electrons. The molecule has 0 aliphatic carbocycles. The molecule has 0 N–H and O–H groups in total. The second-order valence-corrected chi connectivity index (χ2v) is 8.46. The highest BCUT2D eigenvalue weighted by atomic mass is 32.2. The molecule has 5 atom stereocenters. The van der Waals surface area contributed by atoms with Crippen LogP contribution in [-0.4, -0.2) is 62.8 Å². The van der Waals surface area contributed by atoms with Crippen molar-refractivity contribution in [3.63, 3.8) is 0 Å². The zero-order valence-corrected chi connectivity index (χ0v) is 14.7. The molecule has 3 heterocycles. The minimum absolute atomic E-state index is 0.00751. The standard InChI is InChI=1S/C13H19F3O8S/c1-11(2)19-5-6(21-11)7-8(24-25(17,18)13(14,15)16)9-10(20-7)23-12(3,4)22-9/h6-10H,5H2,1-4H3/t6-,7-,8+,9-,10-/m1/s1. The summed E-state index contributed by atoms with van der Waals surface area (Å²) in [5, 5.41) is 0. The van der Waals surface area contributed by atoms with Gasteiger partial charge in [-0.3, -0.25) is 4.18 Å². The Kier molecular flexibility index (Phi) is 4.43. The van der Waals surface area contributed by atoms with E-state index in [9.17, 15) is 21.6 Å². The Morgan fingerprint density at radius 3 is 2.16 bits per heavy atom. The van der Waals surface area contributed by atoms with Crippen LogP contribution in [0.4, 0.5) is 13.2 Å². The average Bonchev–Trinajstić information content (AvgIpc) is 2.99. The number of halogens is 3. The SMILES string of the molecule is CC1(C)O[C@H]2O[C@H]([C@H]3COC(C)(C)O3)[C@H](OS(=O)(=O)C(F)(F)F)[C@H]2O1. The van der Waals surface area contributed by atoms with Crippen molar-refractivity contribution in [3.8, 4) is 0 Å². The molecule has 8 nitrogen and oxygen atoms in total. The van der Waals surface area contributed by atoms with Gasteiger partial charge in [-0.05, 0) is 27.7 Å². The Bertz CT molecular complexity index is 632. The highest BCUT2D eigenvalue weighted by molar-refractivity contribution is 7.87. The minimum atomic E-state index is -5.86. The Balaban J connectivity index is 1.86. The predicted molar refractivity (Wildman–Crippen MR) is 73.4 cm³/mol.